The minimum absolute atomic E-state index is 0.177. The normalized spacial score (nSPS) is 24.5. The number of cyclic esters (lactones) is 1. The Kier molecular flexibility index (Phi) is 3.82. The fraction of sp³-hybridized carbons (Fsp3) is 0.545. The second-order valence-corrected chi connectivity index (χ2v) is 3.65. The molecule has 0 saturated carbocycles. The highest BCUT2D eigenvalue weighted by Crippen LogP contribution is 2.35. The number of hydrogen-bond donors (Lipinski definition) is 0. The topological polar surface area (TPSA) is 69.7 Å². The lowest BCUT2D eigenvalue weighted by atomic mass is 9.79. The number of carbonyl (C=O) groups excluding carboxylic acids is 3. The molecule has 0 aromatic carbocycles. The van der Waals surface area contributed by atoms with Crippen LogP contribution in [0.1, 0.15) is 19.8 Å². The Morgan fingerprint density at radius 2 is 2.25 bits per heavy atom. The highest BCUT2D eigenvalue weighted by Gasteiger charge is 2.47. The first-order chi connectivity index (χ1) is 7.53. The van der Waals surface area contributed by atoms with Gasteiger partial charge in [0.15, 0.2) is 0 Å². The van der Waals surface area contributed by atoms with Crippen molar-refractivity contribution in [2.75, 3.05) is 13.7 Å². The summed E-state index contributed by atoms with van der Waals surface area (Å²) in [6.45, 7) is 1.61. The Labute approximate surface area is 93.4 Å². The van der Waals surface area contributed by atoms with Crippen molar-refractivity contribution in [1.82, 2.24) is 0 Å². The summed E-state index contributed by atoms with van der Waals surface area (Å²) >= 11 is 0. The van der Waals surface area contributed by atoms with Gasteiger partial charge < -0.3 is 9.47 Å². The molecular formula is C11H14O5. The molecular weight excluding hydrogens is 212 g/mol. The van der Waals surface area contributed by atoms with E-state index >= 15 is 0 Å². The van der Waals surface area contributed by atoms with Crippen molar-refractivity contribution >= 4 is 17.7 Å². The van der Waals surface area contributed by atoms with E-state index in [1.165, 1.54) is 26.2 Å². The second kappa shape index (κ2) is 4.92. The number of ether oxygens (including phenoxy) is 2. The minimum atomic E-state index is -1.11. The van der Waals surface area contributed by atoms with Crippen LogP contribution in [0.3, 0.4) is 0 Å². The molecule has 1 heterocycles. The van der Waals surface area contributed by atoms with Crippen LogP contribution < -0.4 is 0 Å². The maximum absolute atomic E-state index is 11.5. The molecule has 1 rings (SSSR count). The molecule has 16 heavy (non-hydrogen) atoms. The van der Waals surface area contributed by atoms with E-state index in [0.717, 1.165) is 0 Å². The van der Waals surface area contributed by atoms with Gasteiger partial charge in [0, 0.05) is 12.5 Å². The SMILES string of the molecule is COC(=O)/C=C/CC1(C(C)=O)CCOC1=O. The third kappa shape index (κ3) is 2.29. The molecule has 1 fully saturated rings. The number of ketones is 1. The number of methoxy groups -OCH3 is 1. The second-order valence-electron chi connectivity index (χ2n) is 3.65. The van der Waals surface area contributed by atoms with Crippen LogP contribution in [-0.4, -0.2) is 31.4 Å². The zero-order chi connectivity index (χ0) is 12.2. The summed E-state index contributed by atoms with van der Waals surface area (Å²) in [6.07, 6.45) is 3.22. The molecule has 1 aliphatic heterocycles. The molecule has 5 nitrogen and oxygen atoms in total. The zero-order valence-electron chi connectivity index (χ0n) is 9.32. The van der Waals surface area contributed by atoms with Gasteiger partial charge in [-0.25, -0.2) is 4.79 Å². The van der Waals surface area contributed by atoms with Gasteiger partial charge in [-0.2, -0.15) is 0 Å². The third-order valence-electron chi connectivity index (χ3n) is 2.75. The highest BCUT2D eigenvalue weighted by molar-refractivity contribution is 6.04. The highest BCUT2D eigenvalue weighted by atomic mass is 16.5. The van der Waals surface area contributed by atoms with Gasteiger partial charge in [-0.15, -0.1) is 0 Å². The van der Waals surface area contributed by atoms with E-state index in [1.54, 1.807) is 0 Å². The van der Waals surface area contributed by atoms with Crippen LogP contribution >= 0.6 is 0 Å². The molecule has 1 unspecified atom stereocenters. The van der Waals surface area contributed by atoms with Gasteiger partial charge in [0.25, 0.3) is 0 Å². The van der Waals surface area contributed by atoms with Gasteiger partial charge in [-0.3, -0.25) is 9.59 Å². The van der Waals surface area contributed by atoms with Gasteiger partial charge in [-0.05, 0) is 13.3 Å². The molecule has 0 radical (unpaired) electrons. The lowest BCUT2D eigenvalue weighted by Crippen LogP contribution is -2.33. The maximum Gasteiger partial charge on any atom is 0.330 e. The first-order valence-electron chi connectivity index (χ1n) is 4.95. The molecule has 1 atom stereocenters. The summed E-state index contributed by atoms with van der Waals surface area (Å²) < 4.78 is 9.21. The van der Waals surface area contributed by atoms with Crippen LogP contribution in [0.25, 0.3) is 0 Å². The predicted octanol–water partition coefficient (Wildman–Crippen LogP) is 0.628. The molecule has 0 aliphatic carbocycles. The fourth-order valence-electron chi connectivity index (χ4n) is 1.63. The summed E-state index contributed by atoms with van der Waals surface area (Å²) in [5, 5.41) is 0. The first-order valence-corrected chi connectivity index (χ1v) is 4.95. The Balaban J connectivity index is 2.74. The van der Waals surface area contributed by atoms with Crippen molar-refractivity contribution < 1.29 is 23.9 Å². The lowest BCUT2D eigenvalue weighted by molar-refractivity contribution is -0.150. The van der Waals surface area contributed by atoms with Crippen LogP contribution in [0.5, 0.6) is 0 Å². The smallest absolute Gasteiger partial charge is 0.330 e. The van der Waals surface area contributed by atoms with E-state index in [1.807, 2.05) is 0 Å². The van der Waals surface area contributed by atoms with Gasteiger partial charge in [-0.1, -0.05) is 6.08 Å². The average molecular weight is 226 g/mol. The molecule has 0 aromatic heterocycles. The average Bonchev–Trinajstić information content (AvgIpc) is 2.61. The van der Waals surface area contributed by atoms with Crippen LogP contribution in [0.4, 0.5) is 0 Å². The molecule has 0 N–H and O–H groups in total. The number of hydrogen-bond acceptors (Lipinski definition) is 5. The molecule has 0 aromatic rings. The number of rotatable bonds is 4. The molecule has 1 aliphatic rings. The molecule has 88 valence electrons. The Bertz CT molecular complexity index is 344. The molecule has 1 saturated heterocycles. The van der Waals surface area contributed by atoms with Crippen LogP contribution in [-0.2, 0) is 23.9 Å². The summed E-state index contributed by atoms with van der Waals surface area (Å²) in [6, 6.07) is 0. The predicted molar refractivity (Wildman–Crippen MR) is 54.5 cm³/mol. The van der Waals surface area contributed by atoms with Crippen molar-refractivity contribution in [3.8, 4) is 0 Å². The number of allylic oxidation sites excluding steroid dienone is 1. The van der Waals surface area contributed by atoms with E-state index in [0.29, 0.717) is 6.42 Å². The Hall–Kier alpha value is -1.65. The van der Waals surface area contributed by atoms with Crippen LogP contribution in [0.2, 0.25) is 0 Å². The maximum atomic E-state index is 11.5. The van der Waals surface area contributed by atoms with Gasteiger partial charge in [0.05, 0.1) is 13.7 Å². The molecule has 0 amide bonds. The standard InChI is InChI=1S/C11H14O5/c1-8(12)11(6-7-16-10(11)14)5-3-4-9(13)15-2/h3-4H,5-7H2,1-2H3/b4-3+. The van der Waals surface area contributed by atoms with Crippen molar-refractivity contribution in [3.63, 3.8) is 0 Å². The number of esters is 2. The molecule has 0 bridgehead atoms. The van der Waals surface area contributed by atoms with E-state index in [4.69, 9.17) is 4.74 Å². The van der Waals surface area contributed by atoms with E-state index in [2.05, 4.69) is 4.74 Å². The monoisotopic (exact) mass is 226 g/mol. The fourth-order valence-corrected chi connectivity index (χ4v) is 1.63. The molecule has 0 spiro atoms. The Morgan fingerprint density at radius 1 is 1.56 bits per heavy atom. The quantitative estimate of drug-likeness (QED) is 0.399. The summed E-state index contributed by atoms with van der Waals surface area (Å²) in [5.74, 6) is -1.25. The van der Waals surface area contributed by atoms with Gasteiger partial charge in [0.1, 0.15) is 11.2 Å². The van der Waals surface area contributed by atoms with Gasteiger partial charge >= 0.3 is 11.9 Å². The van der Waals surface area contributed by atoms with Crippen molar-refractivity contribution in [2.45, 2.75) is 19.8 Å². The van der Waals surface area contributed by atoms with Crippen LogP contribution in [0.15, 0.2) is 12.2 Å². The van der Waals surface area contributed by atoms with Crippen molar-refractivity contribution in [1.29, 1.82) is 0 Å². The van der Waals surface area contributed by atoms with Crippen LogP contribution in [0, 0.1) is 5.41 Å². The van der Waals surface area contributed by atoms with Crippen molar-refractivity contribution in [3.05, 3.63) is 12.2 Å². The van der Waals surface area contributed by atoms with Gasteiger partial charge in [0.2, 0.25) is 0 Å². The van der Waals surface area contributed by atoms with E-state index in [-0.39, 0.29) is 18.8 Å². The summed E-state index contributed by atoms with van der Waals surface area (Å²) in [7, 11) is 1.26. The first kappa shape index (κ1) is 12.4. The van der Waals surface area contributed by atoms with E-state index < -0.39 is 17.4 Å². The summed E-state index contributed by atoms with van der Waals surface area (Å²) in [5.41, 5.74) is -1.11. The number of Topliss-reactive ketones (excluding diaryl/α,β-unsaturated/α-hetero) is 1. The zero-order valence-corrected chi connectivity index (χ0v) is 9.32. The largest absolute Gasteiger partial charge is 0.466 e. The number of carbonyl (C=O) groups is 3. The lowest BCUT2D eigenvalue weighted by Gasteiger charge is -2.18. The third-order valence-corrected chi connectivity index (χ3v) is 2.75. The van der Waals surface area contributed by atoms with Crippen molar-refractivity contribution in [2.24, 2.45) is 5.41 Å². The summed E-state index contributed by atoms with van der Waals surface area (Å²) in [4.78, 5) is 33.8. The Morgan fingerprint density at radius 3 is 2.69 bits per heavy atom. The molecule has 5 heteroatoms. The minimum Gasteiger partial charge on any atom is -0.466 e. The van der Waals surface area contributed by atoms with E-state index in [9.17, 15) is 14.4 Å².